The van der Waals surface area contributed by atoms with Gasteiger partial charge in [0.2, 0.25) is 11.8 Å². The fourth-order valence-corrected chi connectivity index (χ4v) is 5.53. The number of amides is 2. The third-order valence-corrected chi connectivity index (χ3v) is 8.32. The van der Waals surface area contributed by atoms with Crippen molar-refractivity contribution in [2.45, 2.75) is 136 Å². The number of benzene rings is 1. The number of carbonyl (C=O) groups excluding carboxylic acids is 2. The lowest BCUT2D eigenvalue weighted by Gasteiger charge is -2.40. The number of furan rings is 1. The van der Waals surface area contributed by atoms with Gasteiger partial charge < -0.3 is 19.7 Å². The Morgan fingerprint density at radius 3 is 2.08 bits per heavy atom. The van der Waals surface area contributed by atoms with Crippen molar-refractivity contribution >= 4 is 11.8 Å². The van der Waals surface area contributed by atoms with Gasteiger partial charge in [0.15, 0.2) is 0 Å². The molecule has 0 unspecified atom stereocenters. The van der Waals surface area contributed by atoms with E-state index >= 15 is 0 Å². The molecule has 1 atom stereocenters. The van der Waals surface area contributed by atoms with Crippen LogP contribution in [0.5, 0.6) is 5.75 Å². The maximum atomic E-state index is 13.9. The van der Waals surface area contributed by atoms with E-state index in [0.29, 0.717) is 24.4 Å². The van der Waals surface area contributed by atoms with Crippen molar-refractivity contribution < 1.29 is 19.1 Å². The number of nitrogens with zero attached hydrogens (tertiary/aromatic N) is 1. The number of rotatable bonds is 9. The van der Waals surface area contributed by atoms with Crippen molar-refractivity contribution in [1.29, 1.82) is 0 Å². The highest BCUT2D eigenvalue weighted by atomic mass is 16.3. The van der Waals surface area contributed by atoms with Crippen molar-refractivity contribution in [3.63, 3.8) is 0 Å². The minimum absolute atomic E-state index is 0.0859. The van der Waals surface area contributed by atoms with Crippen LogP contribution in [0.4, 0.5) is 0 Å². The van der Waals surface area contributed by atoms with E-state index in [1.807, 2.05) is 38.1 Å². The molecule has 0 spiro atoms. The minimum atomic E-state index is -0.997. The van der Waals surface area contributed by atoms with Gasteiger partial charge in [-0.3, -0.25) is 9.59 Å². The van der Waals surface area contributed by atoms with E-state index in [0.717, 1.165) is 42.4 Å². The summed E-state index contributed by atoms with van der Waals surface area (Å²) in [4.78, 5) is 29.3. The molecular weight excluding hydrogens is 488 g/mol. The van der Waals surface area contributed by atoms with Crippen LogP contribution >= 0.6 is 0 Å². The maximum Gasteiger partial charge on any atom is 0.245 e. The zero-order valence-electron chi connectivity index (χ0n) is 25.4. The molecule has 1 aromatic carbocycles. The lowest BCUT2D eigenvalue weighted by molar-refractivity contribution is -0.149. The second kappa shape index (κ2) is 12.2. The fraction of sp³-hybridized carbons (Fsp3) is 0.636. The molecule has 0 saturated heterocycles. The van der Waals surface area contributed by atoms with Crippen LogP contribution in [0, 0.1) is 0 Å². The predicted octanol–water partition coefficient (Wildman–Crippen LogP) is 7.16. The summed E-state index contributed by atoms with van der Waals surface area (Å²) in [7, 11) is 0. The van der Waals surface area contributed by atoms with Gasteiger partial charge in [-0.2, -0.15) is 0 Å². The average Bonchev–Trinajstić information content (AvgIpc) is 3.38. The predicted molar refractivity (Wildman–Crippen MR) is 157 cm³/mol. The molecule has 6 nitrogen and oxygen atoms in total. The zero-order valence-corrected chi connectivity index (χ0v) is 25.4. The summed E-state index contributed by atoms with van der Waals surface area (Å²) in [6.45, 7) is 16.6. The zero-order chi connectivity index (χ0) is 29.0. The van der Waals surface area contributed by atoms with Crippen LogP contribution in [0.3, 0.4) is 0 Å². The molecule has 216 valence electrons. The van der Waals surface area contributed by atoms with Crippen LogP contribution in [0.25, 0.3) is 0 Å². The summed E-state index contributed by atoms with van der Waals surface area (Å²) in [6.07, 6.45) is 8.32. The number of aromatic hydroxyl groups is 1. The first-order valence-electron chi connectivity index (χ1n) is 14.7. The number of carbonyl (C=O) groups is 2. The summed E-state index contributed by atoms with van der Waals surface area (Å²) in [5.41, 5.74) is 1.30. The standard InChI is InChI=1S/C33H50N2O4/c1-9-33(8,30(38)34-24-14-11-10-12-15-24)35(22-25-16-13-19-39-25)28(36)18-17-23-20-26(31(2,3)4)29(37)27(21-23)32(5,6)7/h13,16,19-21,24,37H,9-12,14-15,17-18,22H2,1-8H3,(H,34,38)/t33-/m1/s1. The SMILES string of the molecule is CC[C@](C)(C(=O)NC1CCCCC1)N(Cc1ccco1)C(=O)CCc1cc(C(C)(C)C)c(O)c(C(C)(C)C)c1. The maximum absolute atomic E-state index is 13.9. The summed E-state index contributed by atoms with van der Waals surface area (Å²) in [5.74, 6) is 0.814. The molecule has 2 aromatic rings. The molecule has 1 aromatic heterocycles. The first kappa shape index (κ1) is 30.8. The van der Waals surface area contributed by atoms with Gasteiger partial charge in [-0.05, 0) is 72.3 Å². The smallest absolute Gasteiger partial charge is 0.245 e. The number of aryl methyl sites for hydroxylation is 1. The van der Waals surface area contributed by atoms with Gasteiger partial charge in [0.25, 0.3) is 0 Å². The van der Waals surface area contributed by atoms with Gasteiger partial charge in [0.1, 0.15) is 17.0 Å². The normalized spacial score (nSPS) is 16.5. The Kier molecular flexibility index (Phi) is 9.61. The summed E-state index contributed by atoms with van der Waals surface area (Å²) in [5, 5.41) is 14.4. The molecule has 1 saturated carbocycles. The second-order valence-corrected chi connectivity index (χ2v) is 13.5. The largest absolute Gasteiger partial charge is 0.507 e. The van der Waals surface area contributed by atoms with E-state index in [9.17, 15) is 14.7 Å². The quantitative estimate of drug-likeness (QED) is 0.355. The number of hydrogen-bond acceptors (Lipinski definition) is 4. The van der Waals surface area contributed by atoms with Gasteiger partial charge in [-0.1, -0.05) is 79.9 Å². The Bertz CT molecular complexity index is 1080. The Morgan fingerprint density at radius 1 is 1.00 bits per heavy atom. The number of phenols is 1. The van der Waals surface area contributed by atoms with E-state index in [-0.39, 0.29) is 41.7 Å². The molecule has 1 heterocycles. The molecule has 2 amide bonds. The van der Waals surface area contributed by atoms with Crippen molar-refractivity contribution in [2.24, 2.45) is 0 Å². The molecule has 0 bridgehead atoms. The molecule has 3 rings (SSSR count). The molecule has 1 aliphatic rings. The lowest BCUT2D eigenvalue weighted by atomic mass is 9.78. The number of phenolic OH excluding ortho intramolecular Hbond substituents is 1. The number of hydrogen-bond donors (Lipinski definition) is 2. The highest BCUT2D eigenvalue weighted by Gasteiger charge is 2.41. The molecule has 2 N–H and O–H groups in total. The molecular formula is C33H50N2O4. The minimum Gasteiger partial charge on any atom is -0.507 e. The molecule has 1 fully saturated rings. The van der Waals surface area contributed by atoms with E-state index in [4.69, 9.17) is 4.42 Å². The summed E-state index contributed by atoms with van der Waals surface area (Å²) >= 11 is 0. The van der Waals surface area contributed by atoms with Crippen molar-refractivity contribution in [3.05, 3.63) is 53.0 Å². The van der Waals surface area contributed by atoms with E-state index in [1.54, 1.807) is 11.2 Å². The molecule has 6 heteroatoms. The summed E-state index contributed by atoms with van der Waals surface area (Å²) in [6, 6.07) is 7.89. The topological polar surface area (TPSA) is 82.8 Å². The van der Waals surface area contributed by atoms with Crippen molar-refractivity contribution in [3.8, 4) is 5.75 Å². The van der Waals surface area contributed by atoms with Gasteiger partial charge in [-0.15, -0.1) is 0 Å². The Hall–Kier alpha value is -2.76. The summed E-state index contributed by atoms with van der Waals surface area (Å²) < 4.78 is 5.61. The molecule has 1 aliphatic carbocycles. The van der Waals surface area contributed by atoms with Gasteiger partial charge in [-0.25, -0.2) is 0 Å². The molecule has 0 aliphatic heterocycles. The molecule has 39 heavy (non-hydrogen) atoms. The monoisotopic (exact) mass is 538 g/mol. The highest BCUT2D eigenvalue weighted by Crippen LogP contribution is 2.40. The first-order valence-corrected chi connectivity index (χ1v) is 14.7. The van der Waals surface area contributed by atoms with Crippen LogP contribution in [-0.4, -0.2) is 33.4 Å². The fourth-order valence-electron chi connectivity index (χ4n) is 5.53. The van der Waals surface area contributed by atoms with E-state index in [1.165, 1.54) is 6.42 Å². The molecule has 0 radical (unpaired) electrons. The average molecular weight is 539 g/mol. The van der Waals surface area contributed by atoms with Crippen LogP contribution in [0.2, 0.25) is 0 Å². The van der Waals surface area contributed by atoms with Gasteiger partial charge >= 0.3 is 0 Å². The van der Waals surface area contributed by atoms with Gasteiger partial charge in [0, 0.05) is 12.5 Å². The van der Waals surface area contributed by atoms with E-state index in [2.05, 4.69) is 46.9 Å². The van der Waals surface area contributed by atoms with Crippen LogP contribution in [0.15, 0.2) is 34.9 Å². The highest BCUT2D eigenvalue weighted by molar-refractivity contribution is 5.91. The third-order valence-electron chi connectivity index (χ3n) is 8.32. The van der Waals surface area contributed by atoms with Crippen molar-refractivity contribution in [2.75, 3.05) is 0 Å². The first-order chi connectivity index (χ1) is 18.2. The second-order valence-electron chi connectivity index (χ2n) is 13.5. The van der Waals surface area contributed by atoms with Crippen molar-refractivity contribution in [1.82, 2.24) is 10.2 Å². The van der Waals surface area contributed by atoms with Gasteiger partial charge in [0.05, 0.1) is 12.8 Å². The Labute approximate surface area is 235 Å². The van der Waals surface area contributed by atoms with Crippen LogP contribution < -0.4 is 5.32 Å². The van der Waals surface area contributed by atoms with E-state index < -0.39 is 5.54 Å². The Balaban J connectivity index is 1.89. The van der Waals surface area contributed by atoms with Crippen LogP contribution in [0.1, 0.15) is 123 Å². The third kappa shape index (κ3) is 7.46. The Morgan fingerprint density at radius 2 is 1.59 bits per heavy atom. The number of nitrogens with one attached hydrogen (secondary N) is 1. The van der Waals surface area contributed by atoms with Crippen LogP contribution in [-0.2, 0) is 33.4 Å². The lowest BCUT2D eigenvalue weighted by Crippen LogP contribution is -2.59.